The molecule has 14 nitrogen and oxygen atoms in total. The Morgan fingerprint density at radius 2 is 1.65 bits per heavy atom. The first-order valence-electron chi connectivity index (χ1n) is 18.4. The molecule has 0 aliphatic carbocycles. The van der Waals surface area contributed by atoms with Gasteiger partial charge in [0.25, 0.3) is 0 Å². The van der Waals surface area contributed by atoms with Gasteiger partial charge in [-0.2, -0.15) is 0 Å². The normalized spacial score (nSPS) is 19.6. The van der Waals surface area contributed by atoms with Gasteiger partial charge in [-0.05, 0) is 62.6 Å². The van der Waals surface area contributed by atoms with Crippen molar-refractivity contribution in [3.05, 3.63) is 29.8 Å². The standard InChI is InChI=1S/C38H65N5O9/c1-11-23(4)32(42(8)37(49)31(22(2)3)41-36(48)34(39)38(6,7)50)29(51-9)20-30(46)43-18-12-13-28(43)33(52-10)24(5)35(47)40-26(21-44)19-25-14-16-27(45)17-15-25/h14-17,22-24,26,28-29,31-34,44-45,50H,11-13,18-21,39H2,1-10H3,(H,40,47)(H,41,48)/t23-,24+,26-,28-,29+,31-,32-,33+,34+/m0/s1. The maximum Gasteiger partial charge on any atom is 0.245 e. The van der Waals surface area contributed by atoms with Crippen LogP contribution in [-0.4, -0.2) is 131 Å². The largest absolute Gasteiger partial charge is 0.508 e. The van der Waals surface area contributed by atoms with E-state index in [1.807, 2.05) is 27.7 Å². The molecule has 1 aliphatic rings. The van der Waals surface area contributed by atoms with Gasteiger partial charge in [0, 0.05) is 27.8 Å². The Labute approximate surface area is 309 Å². The molecule has 296 valence electrons. The lowest BCUT2D eigenvalue weighted by atomic mass is 9.89. The van der Waals surface area contributed by atoms with E-state index in [0.717, 1.165) is 12.0 Å². The molecule has 0 radical (unpaired) electrons. The monoisotopic (exact) mass is 735 g/mol. The third-order valence-electron chi connectivity index (χ3n) is 10.5. The molecule has 0 saturated carbocycles. The van der Waals surface area contributed by atoms with Crippen LogP contribution in [0.5, 0.6) is 5.75 Å². The van der Waals surface area contributed by atoms with Crippen LogP contribution < -0.4 is 16.4 Å². The molecule has 4 amide bonds. The van der Waals surface area contributed by atoms with Gasteiger partial charge in [-0.3, -0.25) is 19.2 Å². The van der Waals surface area contributed by atoms with Gasteiger partial charge >= 0.3 is 0 Å². The Kier molecular flexibility index (Phi) is 17.5. The Morgan fingerprint density at radius 3 is 2.15 bits per heavy atom. The summed E-state index contributed by atoms with van der Waals surface area (Å²) in [4.78, 5) is 57.8. The fourth-order valence-corrected chi connectivity index (χ4v) is 7.01. The third kappa shape index (κ3) is 11.9. The summed E-state index contributed by atoms with van der Waals surface area (Å²) in [5.74, 6) is -2.43. The molecule has 1 saturated heterocycles. The fraction of sp³-hybridized carbons (Fsp3) is 0.737. The van der Waals surface area contributed by atoms with E-state index < -0.39 is 53.8 Å². The van der Waals surface area contributed by atoms with E-state index >= 15 is 0 Å². The second-order valence-electron chi connectivity index (χ2n) is 15.2. The number of hydrogen-bond donors (Lipinski definition) is 6. The van der Waals surface area contributed by atoms with Gasteiger partial charge in [0.1, 0.15) is 17.8 Å². The molecular weight excluding hydrogens is 670 g/mol. The lowest BCUT2D eigenvalue weighted by molar-refractivity contribution is -0.148. The van der Waals surface area contributed by atoms with Crippen molar-refractivity contribution in [3.63, 3.8) is 0 Å². The SMILES string of the molecule is CC[C@H](C)[C@@H]([C@@H](CC(=O)N1CCC[C@H]1[C@H](OC)[C@@H](C)C(=O)N[C@H](CO)Cc1ccc(O)cc1)OC)N(C)C(=O)[C@@H](NC(=O)[C@@H](N)C(C)(C)O)C(C)C. The highest BCUT2D eigenvalue weighted by atomic mass is 16.5. The highest BCUT2D eigenvalue weighted by Crippen LogP contribution is 2.30. The van der Waals surface area contributed by atoms with Crippen LogP contribution in [0.1, 0.15) is 79.7 Å². The van der Waals surface area contributed by atoms with Crippen LogP contribution in [0.4, 0.5) is 0 Å². The number of likely N-dealkylation sites (tertiary alicyclic amines) is 1. The second kappa shape index (κ2) is 20.2. The van der Waals surface area contributed by atoms with Gasteiger partial charge in [0.15, 0.2) is 0 Å². The summed E-state index contributed by atoms with van der Waals surface area (Å²) in [6.07, 6.45) is 1.06. The maximum absolute atomic E-state index is 14.1. The van der Waals surface area contributed by atoms with Crippen LogP contribution in [0.15, 0.2) is 24.3 Å². The van der Waals surface area contributed by atoms with Crippen molar-refractivity contribution in [2.24, 2.45) is 23.5 Å². The molecule has 1 heterocycles. The van der Waals surface area contributed by atoms with E-state index in [4.69, 9.17) is 15.2 Å². The minimum absolute atomic E-state index is 0.0296. The first-order chi connectivity index (χ1) is 24.3. The van der Waals surface area contributed by atoms with Crippen LogP contribution in [-0.2, 0) is 35.1 Å². The number of hydrogen-bond acceptors (Lipinski definition) is 10. The number of phenols is 1. The Balaban J connectivity index is 2.24. The number of aliphatic hydroxyl groups is 2. The van der Waals surface area contributed by atoms with E-state index in [0.29, 0.717) is 25.8 Å². The predicted octanol–water partition coefficient (Wildman–Crippen LogP) is 1.57. The van der Waals surface area contributed by atoms with Crippen LogP contribution >= 0.6 is 0 Å². The number of amides is 4. The highest BCUT2D eigenvalue weighted by Gasteiger charge is 2.43. The number of carbonyl (C=O) groups excluding carboxylic acids is 4. The zero-order valence-corrected chi connectivity index (χ0v) is 32.8. The van der Waals surface area contributed by atoms with E-state index in [-0.39, 0.29) is 54.4 Å². The maximum atomic E-state index is 14.1. The first-order valence-corrected chi connectivity index (χ1v) is 18.4. The molecule has 2 rings (SSSR count). The molecule has 1 aliphatic heterocycles. The van der Waals surface area contributed by atoms with Gasteiger partial charge in [-0.1, -0.05) is 53.2 Å². The second-order valence-corrected chi connectivity index (χ2v) is 15.2. The van der Waals surface area contributed by atoms with Gasteiger partial charge in [0.05, 0.1) is 54.9 Å². The summed E-state index contributed by atoms with van der Waals surface area (Å²) < 4.78 is 11.8. The molecule has 0 bridgehead atoms. The van der Waals surface area contributed by atoms with Crippen LogP contribution in [0.25, 0.3) is 0 Å². The van der Waals surface area contributed by atoms with Crippen molar-refractivity contribution in [3.8, 4) is 5.75 Å². The molecular formula is C38H65N5O9. The third-order valence-corrected chi connectivity index (χ3v) is 10.5. The number of rotatable bonds is 20. The molecule has 1 fully saturated rings. The summed E-state index contributed by atoms with van der Waals surface area (Å²) in [6.45, 7) is 12.4. The number of phenolic OH excluding ortho intramolecular Hbond substituents is 1. The van der Waals surface area contributed by atoms with E-state index in [9.17, 15) is 34.5 Å². The van der Waals surface area contributed by atoms with Crippen molar-refractivity contribution >= 4 is 23.6 Å². The van der Waals surface area contributed by atoms with E-state index in [1.54, 1.807) is 48.0 Å². The van der Waals surface area contributed by atoms with Gasteiger partial charge in [-0.25, -0.2) is 0 Å². The molecule has 1 aromatic rings. The average Bonchev–Trinajstić information content (AvgIpc) is 3.59. The summed E-state index contributed by atoms with van der Waals surface area (Å²) in [5, 5.41) is 35.5. The average molecular weight is 736 g/mol. The Bertz CT molecular complexity index is 1300. The molecule has 1 aromatic carbocycles. The number of ether oxygens (including phenoxy) is 2. The molecule has 7 N–H and O–H groups in total. The number of likely N-dealkylation sites (N-methyl/N-ethyl adjacent to an activating group) is 1. The van der Waals surface area contributed by atoms with E-state index in [1.165, 1.54) is 28.1 Å². The minimum atomic E-state index is -1.49. The summed E-state index contributed by atoms with van der Waals surface area (Å²) in [5.41, 5.74) is 5.33. The van der Waals surface area contributed by atoms with Crippen molar-refractivity contribution in [1.29, 1.82) is 0 Å². The summed E-state index contributed by atoms with van der Waals surface area (Å²) in [7, 11) is 4.68. The highest BCUT2D eigenvalue weighted by molar-refractivity contribution is 5.90. The van der Waals surface area contributed by atoms with Crippen molar-refractivity contribution < 1.29 is 44.0 Å². The summed E-state index contributed by atoms with van der Waals surface area (Å²) in [6, 6.07) is 2.91. The van der Waals surface area contributed by atoms with Crippen LogP contribution in [0.2, 0.25) is 0 Å². The molecule has 14 heteroatoms. The number of methoxy groups -OCH3 is 2. The molecule has 0 aromatic heterocycles. The fourth-order valence-electron chi connectivity index (χ4n) is 7.01. The van der Waals surface area contributed by atoms with Gasteiger partial charge in [-0.15, -0.1) is 0 Å². The van der Waals surface area contributed by atoms with Gasteiger partial charge in [0.2, 0.25) is 23.6 Å². The zero-order valence-electron chi connectivity index (χ0n) is 32.8. The zero-order chi connectivity index (χ0) is 39.5. The van der Waals surface area contributed by atoms with Crippen molar-refractivity contribution in [1.82, 2.24) is 20.4 Å². The number of nitrogens with zero attached hydrogens (tertiary/aromatic N) is 2. The Morgan fingerprint density at radius 1 is 1.04 bits per heavy atom. The lowest BCUT2D eigenvalue weighted by Crippen LogP contribution is -2.61. The molecule has 0 unspecified atom stereocenters. The van der Waals surface area contributed by atoms with Gasteiger partial charge < -0.3 is 51.0 Å². The smallest absolute Gasteiger partial charge is 0.245 e. The van der Waals surface area contributed by atoms with E-state index in [2.05, 4.69) is 10.6 Å². The summed E-state index contributed by atoms with van der Waals surface area (Å²) >= 11 is 0. The lowest BCUT2D eigenvalue weighted by Gasteiger charge is -2.41. The Hall–Kier alpha value is -3.30. The molecule has 52 heavy (non-hydrogen) atoms. The number of nitrogens with two attached hydrogens (primary N) is 1. The van der Waals surface area contributed by atoms with Crippen LogP contribution in [0, 0.1) is 17.8 Å². The topological polar surface area (TPSA) is 204 Å². The number of nitrogens with one attached hydrogen (secondary N) is 2. The van der Waals surface area contributed by atoms with Crippen LogP contribution in [0.3, 0.4) is 0 Å². The number of aromatic hydroxyl groups is 1. The predicted molar refractivity (Wildman–Crippen MR) is 198 cm³/mol. The number of aliphatic hydroxyl groups excluding tert-OH is 1. The number of carbonyl (C=O) groups is 4. The minimum Gasteiger partial charge on any atom is -0.508 e. The molecule has 0 spiro atoms. The molecule has 9 atom stereocenters. The quantitative estimate of drug-likeness (QED) is 0.114. The van der Waals surface area contributed by atoms with Crippen molar-refractivity contribution in [2.45, 2.75) is 129 Å². The first kappa shape index (κ1) is 44.9. The number of benzene rings is 1. The van der Waals surface area contributed by atoms with Crippen molar-refractivity contribution in [2.75, 3.05) is 34.4 Å².